The van der Waals surface area contributed by atoms with Gasteiger partial charge in [-0.15, -0.1) is 11.3 Å². The maximum Gasteiger partial charge on any atom is 0.226 e. The number of halogens is 2. The van der Waals surface area contributed by atoms with Gasteiger partial charge in [-0.25, -0.2) is 13.8 Å². The number of piperidine rings is 1. The van der Waals surface area contributed by atoms with Gasteiger partial charge in [-0.2, -0.15) is 0 Å². The molecule has 0 bridgehead atoms. The molecule has 238 valence electrons. The first-order chi connectivity index (χ1) is 20.1. The second-order valence-electron chi connectivity index (χ2n) is 14.9. The second-order valence-corrected chi connectivity index (χ2v) is 15.6. The van der Waals surface area contributed by atoms with Gasteiger partial charge < -0.3 is 10.2 Å². The summed E-state index contributed by atoms with van der Waals surface area (Å²) >= 11 is 1.56. The van der Waals surface area contributed by atoms with Gasteiger partial charge in [-0.05, 0) is 94.2 Å². The fraction of sp³-hybridized carbons (Fsp3) is 0.676. The van der Waals surface area contributed by atoms with Crippen molar-refractivity contribution in [3.05, 3.63) is 52.0 Å². The number of nitrogens with zero attached hydrogens (tertiary/aromatic N) is 3. The Morgan fingerprint density at radius 3 is 2.40 bits per heavy atom. The molecular weight excluding hydrogens is 566 g/mol. The van der Waals surface area contributed by atoms with Gasteiger partial charge in [0.2, 0.25) is 11.8 Å². The number of aromatic nitrogens is 1. The van der Waals surface area contributed by atoms with Crippen molar-refractivity contribution in [1.29, 1.82) is 0 Å². The quantitative estimate of drug-likeness (QED) is 0.312. The first kappa shape index (κ1) is 33.5. The number of benzene rings is 1. The van der Waals surface area contributed by atoms with E-state index in [1.54, 1.807) is 18.3 Å². The third kappa shape index (κ3) is 9.07. The number of amides is 2. The molecule has 2 amide bonds. The van der Waals surface area contributed by atoms with Gasteiger partial charge in [0.05, 0.1) is 11.2 Å². The average molecular weight is 617 g/mol. The number of hydrogen-bond donors (Lipinski definition) is 1. The van der Waals surface area contributed by atoms with E-state index in [0.717, 1.165) is 37.4 Å². The van der Waals surface area contributed by atoms with Crippen LogP contribution in [-0.4, -0.2) is 58.3 Å². The Balaban J connectivity index is 1.48. The van der Waals surface area contributed by atoms with Crippen molar-refractivity contribution >= 4 is 23.2 Å². The minimum absolute atomic E-state index is 0.0147. The highest BCUT2D eigenvalue weighted by atomic mass is 32.1. The summed E-state index contributed by atoms with van der Waals surface area (Å²) in [5.74, 6) is -0.882. The van der Waals surface area contributed by atoms with Crippen LogP contribution in [0.4, 0.5) is 8.78 Å². The van der Waals surface area contributed by atoms with E-state index in [-0.39, 0.29) is 40.6 Å². The molecule has 4 rings (SSSR count). The molecule has 0 spiro atoms. The Bertz CT molecular complexity index is 1240. The maximum absolute atomic E-state index is 15.1. The van der Waals surface area contributed by atoms with Crippen molar-refractivity contribution in [2.24, 2.45) is 23.2 Å². The number of carbonyl (C=O) groups is 2. The van der Waals surface area contributed by atoms with E-state index in [0.29, 0.717) is 49.9 Å². The molecule has 2 heterocycles. The summed E-state index contributed by atoms with van der Waals surface area (Å²) in [7, 11) is 2.04. The van der Waals surface area contributed by atoms with Crippen molar-refractivity contribution in [2.75, 3.05) is 20.1 Å². The van der Waals surface area contributed by atoms with E-state index in [1.165, 1.54) is 12.1 Å². The van der Waals surface area contributed by atoms with Crippen LogP contribution in [0, 0.1) is 34.8 Å². The Hall–Kier alpha value is -2.39. The van der Waals surface area contributed by atoms with Crippen molar-refractivity contribution < 1.29 is 18.4 Å². The van der Waals surface area contributed by atoms with Crippen LogP contribution in [0.25, 0.3) is 0 Å². The zero-order valence-electron chi connectivity index (χ0n) is 27.0. The number of carbonyl (C=O) groups excluding carboxylic acids is 2. The maximum atomic E-state index is 15.1. The van der Waals surface area contributed by atoms with Gasteiger partial charge >= 0.3 is 0 Å². The molecule has 4 atom stereocenters. The van der Waals surface area contributed by atoms with E-state index in [2.05, 4.69) is 49.8 Å². The monoisotopic (exact) mass is 616 g/mol. The number of hydrogen-bond acceptors (Lipinski definition) is 5. The van der Waals surface area contributed by atoms with Crippen LogP contribution in [0.1, 0.15) is 97.2 Å². The minimum Gasteiger partial charge on any atom is -0.351 e. The van der Waals surface area contributed by atoms with Crippen LogP contribution in [0.5, 0.6) is 0 Å². The first-order valence-corrected chi connectivity index (χ1v) is 16.7. The van der Waals surface area contributed by atoms with E-state index < -0.39 is 11.6 Å². The molecule has 1 aromatic heterocycles. The molecule has 9 heteroatoms. The summed E-state index contributed by atoms with van der Waals surface area (Å²) in [6, 6.07) is 3.86. The lowest BCUT2D eigenvalue weighted by Gasteiger charge is -2.42. The SMILES string of the molecule is CC(=O)NC(C)(C)CC(CC(C)(C)C)C1CCN(C(=O)[C@@H]2CC(N(C)Cc3cscn3)C[C@H]2c2ccc(F)cc2F)CC1. The Morgan fingerprint density at radius 2 is 1.81 bits per heavy atom. The topological polar surface area (TPSA) is 65.5 Å². The standard InChI is InChI=1S/C34H50F2N4O2S/c1-22(41)38-34(5,6)18-24(17-33(2,3)4)23-10-12-40(13-11-23)32(42)30-16-27(39(7)19-26-20-43-21-37-26)15-29(30)28-9-8-25(35)14-31(28)36/h8-9,14,20-21,23-24,27,29-30H,10-13,15-19H2,1-7H3,(H,38,41)/t24?,27?,29-,30+/m0/s1. The van der Waals surface area contributed by atoms with E-state index in [1.807, 2.05) is 22.8 Å². The molecule has 1 saturated carbocycles. The van der Waals surface area contributed by atoms with E-state index in [4.69, 9.17) is 0 Å². The first-order valence-electron chi connectivity index (χ1n) is 15.7. The Kier molecular flexibility index (Phi) is 10.7. The molecule has 43 heavy (non-hydrogen) atoms. The highest BCUT2D eigenvalue weighted by Crippen LogP contribution is 2.45. The second kappa shape index (κ2) is 13.7. The zero-order chi connectivity index (χ0) is 31.5. The normalized spacial score (nSPS) is 22.7. The molecule has 6 nitrogen and oxygen atoms in total. The molecule has 1 aliphatic heterocycles. The van der Waals surface area contributed by atoms with E-state index >= 15 is 4.39 Å². The van der Waals surface area contributed by atoms with Crippen LogP contribution in [-0.2, 0) is 16.1 Å². The molecule has 1 aromatic carbocycles. The lowest BCUT2D eigenvalue weighted by atomic mass is 9.70. The number of likely N-dealkylation sites (tertiary alicyclic amines) is 1. The Morgan fingerprint density at radius 1 is 1.12 bits per heavy atom. The lowest BCUT2D eigenvalue weighted by molar-refractivity contribution is -0.137. The highest BCUT2D eigenvalue weighted by Gasteiger charge is 2.44. The summed E-state index contributed by atoms with van der Waals surface area (Å²) in [4.78, 5) is 34.6. The number of thiazole rings is 1. The molecule has 1 aliphatic carbocycles. The molecule has 0 radical (unpaired) electrons. The van der Waals surface area contributed by atoms with Gasteiger partial charge in [0.1, 0.15) is 11.6 Å². The third-order valence-electron chi connectivity index (χ3n) is 9.41. The molecular formula is C34H50F2N4O2S. The molecule has 2 unspecified atom stereocenters. The van der Waals surface area contributed by atoms with Crippen LogP contribution >= 0.6 is 11.3 Å². The molecule has 1 N–H and O–H groups in total. The van der Waals surface area contributed by atoms with Crippen LogP contribution in [0.2, 0.25) is 0 Å². The van der Waals surface area contributed by atoms with Crippen molar-refractivity contribution in [2.45, 2.75) is 104 Å². The molecule has 1 saturated heterocycles. The summed E-state index contributed by atoms with van der Waals surface area (Å²) in [6.45, 7) is 14.6. The predicted molar refractivity (Wildman–Crippen MR) is 169 cm³/mol. The average Bonchev–Trinajstić information content (AvgIpc) is 3.57. The third-order valence-corrected chi connectivity index (χ3v) is 10.0. The molecule has 2 fully saturated rings. The largest absolute Gasteiger partial charge is 0.351 e. The van der Waals surface area contributed by atoms with Crippen molar-refractivity contribution in [1.82, 2.24) is 20.1 Å². The summed E-state index contributed by atoms with van der Waals surface area (Å²) in [5.41, 5.74) is 3.09. The minimum atomic E-state index is -0.604. The summed E-state index contributed by atoms with van der Waals surface area (Å²) < 4.78 is 28.9. The van der Waals surface area contributed by atoms with Gasteiger partial charge in [0.25, 0.3) is 0 Å². The van der Waals surface area contributed by atoms with Crippen molar-refractivity contribution in [3.63, 3.8) is 0 Å². The smallest absolute Gasteiger partial charge is 0.226 e. The summed E-state index contributed by atoms with van der Waals surface area (Å²) in [6.07, 6.45) is 5.05. The van der Waals surface area contributed by atoms with Crippen LogP contribution in [0.15, 0.2) is 29.1 Å². The molecule has 2 aromatic rings. The fourth-order valence-corrected chi connectivity index (χ4v) is 8.24. The lowest BCUT2D eigenvalue weighted by Crippen LogP contribution is -2.47. The van der Waals surface area contributed by atoms with Gasteiger partial charge in [-0.1, -0.05) is 26.8 Å². The fourth-order valence-electron chi connectivity index (χ4n) is 7.69. The molecule has 2 aliphatic rings. The predicted octanol–water partition coefficient (Wildman–Crippen LogP) is 7.01. The van der Waals surface area contributed by atoms with Crippen LogP contribution in [0.3, 0.4) is 0 Å². The van der Waals surface area contributed by atoms with Gasteiger partial charge in [0, 0.05) is 55.5 Å². The zero-order valence-corrected chi connectivity index (χ0v) is 27.8. The van der Waals surface area contributed by atoms with Crippen molar-refractivity contribution in [3.8, 4) is 0 Å². The van der Waals surface area contributed by atoms with Gasteiger partial charge in [-0.3, -0.25) is 14.5 Å². The van der Waals surface area contributed by atoms with Gasteiger partial charge in [0.15, 0.2) is 0 Å². The number of nitrogens with one attached hydrogen (secondary N) is 1. The van der Waals surface area contributed by atoms with Crippen LogP contribution < -0.4 is 5.32 Å². The highest BCUT2D eigenvalue weighted by molar-refractivity contribution is 7.07. The summed E-state index contributed by atoms with van der Waals surface area (Å²) in [5, 5.41) is 5.16. The number of rotatable bonds is 10. The Labute approximate surface area is 260 Å². The van der Waals surface area contributed by atoms with E-state index in [9.17, 15) is 14.0 Å².